The summed E-state index contributed by atoms with van der Waals surface area (Å²) in [7, 11) is 0. The van der Waals surface area contributed by atoms with Crippen LogP contribution >= 0.6 is 0 Å². The summed E-state index contributed by atoms with van der Waals surface area (Å²) in [6.07, 6.45) is 78.0. The van der Waals surface area contributed by atoms with Gasteiger partial charge in [0.05, 0.1) is 25.4 Å². The summed E-state index contributed by atoms with van der Waals surface area (Å²) in [5, 5.41) is 57.4. The molecule has 11 nitrogen and oxygen atoms in total. The van der Waals surface area contributed by atoms with E-state index >= 15 is 0 Å². The molecule has 6 N–H and O–H groups in total. The molecule has 1 rings (SSSR count). The molecule has 1 heterocycles. The summed E-state index contributed by atoms with van der Waals surface area (Å²) in [6, 6.07) is -1.03. The van der Waals surface area contributed by atoms with Gasteiger partial charge < -0.3 is 45.1 Å². The van der Waals surface area contributed by atoms with E-state index in [1.165, 1.54) is 231 Å². The highest BCUT2D eigenvalue weighted by molar-refractivity contribution is 5.80. The first kappa shape index (κ1) is 86.1. The van der Waals surface area contributed by atoms with E-state index in [1.54, 1.807) is 6.08 Å². The van der Waals surface area contributed by atoms with Crippen molar-refractivity contribution in [2.45, 2.75) is 410 Å². The van der Waals surface area contributed by atoms with E-state index in [1.807, 2.05) is 6.08 Å². The minimum atomic E-state index is -1.62. The van der Waals surface area contributed by atoms with Crippen molar-refractivity contribution >= 4 is 11.9 Å². The lowest BCUT2D eigenvalue weighted by atomic mass is 9.99. The van der Waals surface area contributed by atoms with Crippen molar-refractivity contribution < 1.29 is 49.3 Å². The van der Waals surface area contributed by atoms with Crippen molar-refractivity contribution in [2.75, 3.05) is 13.2 Å². The van der Waals surface area contributed by atoms with Gasteiger partial charge in [0.25, 0.3) is 0 Å². The molecule has 1 aliphatic rings. The molecule has 8 unspecified atom stereocenters. The number of hydrogen-bond acceptors (Lipinski definition) is 10. The number of aliphatic hydroxyl groups is 5. The Hall–Kier alpha value is -2.90. The zero-order chi connectivity index (χ0) is 66.0. The minimum Gasteiger partial charge on any atom is -0.454 e. The Balaban J connectivity index is 2.53. The molecule has 11 heteroatoms. The zero-order valence-corrected chi connectivity index (χ0v) is 59.2. The Bertz CT molecular complexity index is 1760. The predicted molar refractivity (Wildman–Crippen MR) is 384 cm³/mol. The molecule has 0 aromatic heterocycles. The van der Waals surface area contributed by atoms with Crippen molar-refractivity contribution in [1.82, 2.24) is 5.32 Å². The van der Waals surface area contributed by atoms with Crippen molar-refractivity contribution in [2.24, 2.45) is 0 Å². The number of amides is 1. The molecule has 0 aliphatic carbocycles. The summed E-state index contributed by atoms with van der Waals surface area (Å²) >= 11 is 0. The Labute approximate surface area is 560 Å². The van der Waals surface area contributed by atoms with Crippen LogP contribution in [0.3, 0.4) is 0 Å². The third-order valence-corrected chi connectivity index (χ3v) is 18.1. The molecule has 530 valence electrons. The van der Waals surface area contributed by atoms with Gasteiger partial charge >= 0.3 is 5.97 Å². The van der Waals surface area contributed by atoms with E-state index in [9.17, 15) is 35.1 Å². The van der Waals surface area contributed by atoms with Crippen LogP contribution in [0, 0.1) is 0 Å². The van der Waals surface area contributed by atoms with Gasteiger partial charge in [-0.3, -0.25) is 9.59 Å². The quantitative estimate of drug-likeness (QED) is 0.0195. The maximum atomic E-state index is 13.5. The van der Waals surface area contributed by atoms with Crippen LogP contribution in [0.2, 0.25) is 0 Å². The number of nitrogens with one attached hydrogen (secondary N) is 1. The first-order chi connectivity index (χ1) is 44.7. The van der Waals surface area contributed by atoms with E-state index in [2.05, 4.69) is 86.8 Å². The van der Waals surface area contributed by atoms with Crippen LogP contribution in [0.1, 0.15) is 361 Å². The van der Waals surface area contributed by atoms with Crippen LogP contribution < -0.4 is 5.32 Å². The Morgan fingerprint density at radius 2 is 0.758 bits per heavy atom. The van der Waals surface area contributed by atoms with E-state index in [0.29, 0.717) is 19.3 Å². The molecule has 0 bridgehead atoms. The normalized spacial score (nSPS) is 18.4. The lowest BCUT2D eigenvalue weighted by Crippen LogP contribution is -2.61. The predicted octanol–water partition coefficient (Wildman–Crippen LogP) is 20.6. The van der Waals surface area contributed by atoms with Crippen molar-refractivity contribution in [3.05, 3.63) is 72.9 Å². The molecule has 0 saturated carbocycles. The minimum absolute atomic E-state index is 0.119. The van der Waals surface area contributed by atoms with Gasteiger partial charge in [0.1, 0.15) is 24.4 Å². The second kappa shape index (κ2) is 67.1. The van der Waals surface area contributed by atoms with Crippen molar-refractivity contribution in [1.29, 1.82) is 0 Å². The molecule has 1 saturated heterocycles. The van der Waals surface area contributed by atoms with E-state index in [-0.39, 0.29) is 13.0 Å². The molecule has 91 heavy (non-hydrogen) atoms. The smallest absolute Gasteiger partial charge is 0.306 e. The Morgan fingerprint density at radius 3 is 1.15 bits per heavy atom. The molecule has 1 amide bonds. The number of allylic oxidation sites excluding steroid dienone is 11. The largest absolute Gasteiger partial charge is 0.454 e. The SMILES string of the molecule is CCCCC/C=C\C/C=C\C/C=C\CCCCCCCCCCCCC(=O)OC1C(OCC(NC(=O)C(O)CCCCCCCCCCCCCCCCCC/C=C\C/C=C\CCCCC)C(O)/C=C/CCCCCCCCCCCCC)OC(CO)C(O)C1O. The fourth-order valence-corrected chi connectivity index (χ4v) is 12.0. The highest BCUT2D eigenvalue weighted by atomic mass is 16.7. The highest BCUT2D eigenvalue weighted by Crippen LogP contribution is 2.27. The molecule has 0 spiro atoms. The van der Waals surface area contributed by atoms with Crippen molar-refractivity contribution in [3.8, 4) is 0 Å². The third-order valence-electron chi connectivity index (χ3n) is 18.1. The summed E-state index contributed by atoms with van der Waals surface area (Å²) in [4.78, 5) is 26.8. The first-order valence-electron chi connectivity index (χ1n) is 38.7. The maximum Gasteiger partial charge on any atom is 0.306 e. The van der Waals surface area contributed by atoms with Crippen LogP contribution in [0.15, 0.2) is 72.9 Å². The average Bonchev–Trinajstić information content (AvgIpc) is 1.01. The number of unbranched alkanes of at least 4 members (excludes halogenated alkanes) is 43. The van der Waals surface area contributed by atoms with E-state index in [0.717, 1.165) is 83.5 Å². The molecule has 0 aromatic rings. The number of esters is 1. The van der Waals surface area contributed by atoms with Gasteiger partial charge in [-0.1, -0.05) is 331 Å². The molecule has 0 radical (unpaired) electrons. The van der Waals surface area contributed by atoms with Crippen LogP contribution in [-0.4, -0.2) is 99.6 Å². The molecular weight excluding hydrogens is 1130 g/mol. The van der Waals surface area contributed by atoms with Gasteiger partial charge in [0.2, 0.25) is 5.91 Å². The van der Waals surface area contributed by atoms with E-state index in [4.69, 9.17) is 14.2 Å². The van der Waals surface area contributed by atoms with Gasteiger partial charge in [-0.2, -0.15) is 0 Å². The Morgan fingerprint density at radius 1 is 0.429 bits per heavy atom. The van der Waals surface area contributed by atoms with Gasteiger partial charge in [0.15, 0.2) is 12.4 Å². The first-order valence-corrected chi connectivity index (χ1v) is 38.7. The summed E-state index contributed by atoms with van der Waals surface area (Å²) in [5.74, 6) is -1.19. The fraction of sp³-hybridized carbons (Fsp3) is 0.825. The molecule has 0 aromatic carbocycles. The van der Waals surface area contributed by atoms with E-state index < -0.39 is 67.4 Å². The molecule has 1 aliphatic heterocycles. The van der Waals surface area contributed by atoms with Crippen LogP contribution in [0.25, 0.3) is 0 Å². The molecular formula is C80H145NO10. The second-order valence-electron chi connectivity index (χ2n) is 26.7. The lowest BCUT2D eigenvalue weighted by Gasteiger charge is -2.41. The number of carbonyl (C=O) groups excluding carboxylic acids is 2. The monoisotopic (exact) mass is 1280 g/mol. The number of carbonyl (C=O) groups is 2. The van der Waals surface area contributed by atoms with Gasteiger partial charge in [-0.25, -0.2) is 0 Å². The van der Waals surface area contributed by atoms with Crippen molar-refractivity contribution in [3.63, 3.8) is 0 Å². The molecule has 8 atom stereocenters. The number of aliphatic hydroxyl groups excluding tert-OH is 5. The topological polar surface area (TPSA) is 175 Å². The van der Waals surface area contributed by atoms with Gasteiger partial charge in [-0.05, 0) is 96.3 Å². The summed E-state index contributed by atoms with van der Waals surface area (Å²) in [6.45, 7) is 5.79. The number of hydrogen-bond donors (Lipinski definition) is 6. The van der Waals surface area contributed by atoms with Crippen LogP contribution in [0.5, 0.6) is 0 Å². The number of ether oxygens (including phenoxy) is 3. The van der Waals surface area contributed by atoms with Crippen LogP contribution in [-0.2, 0) is 23.8 Å². The third kappa shape index (κ3) is 54.0. The zero-order valence-electron chi connectivity index (χ0n) is 59.2. The summed E-state index contributed by atoms with van der Waals surface area (Å²) in [5.41, 5.74) is 0. The van der Waals surface area contributed by atoms with Gasteiger partial charge in [0, 0.05) is 6.42 Å². The second-order valence-corrected chi connectivity index (χ2v) is 26.7. The summed E-state index contributed by atoms with van der Waals surface area (Å²) < 4.78 is 17.7. The highest BCUT2D eigenvalue weighted by Gasteiger charge is 2.47. The molecule has 1 fully saturated rings. The maximum absolute atomic E-state index is 13.5. The van der Waals surface area contributed by atoms with Crippen LogP contribution in [0.4, 0.5) is 0 Å². The number of rotatable bonds is 67. The average molecular weight is 1280 g/mol. The fourth-order valence-electron chi connectivity index (χ4n) is 12.0. The standard InChI is InChI=1S/C80H145NO10/c1-4-7-10-13-16-19-22-25-27-29-31-33-35-36-37-39-40-42-44-46-49-52-55-58-61-64-67-73(84)79(88)81-71(72(83)66-63-60-57-54-51-48-24-21-18-15-12-9-6-3)70-89-80-78(77(87)76(86)74(69-82)90-80)91-75(85)68-65-62-59-56-53-50-47-45-43-41-38-34-32-30-28-26-23-20-17-14-11-8-5-2/h16-17,19-20,25-28,32,34,63,66,71-74,76-78,80,82-84,86-87H,4-15,18,21-24,29-31,33,35-62,64-65,67-70H2,1-3H3,(H,81,88)/b19-16-,20-17-,27-25-,28-26-,34-32-,66-63+. The Kier molecular flexibility index (Phi) is 63.5. The lowest BCUT2D eigenvalue weighted by molar-refractivity contribution is -0.305. The van der Waals surface area contributed by atoms with Gasteiger partial charge in [-0.15, -0.1) is 0 Å².